The number of aromatic hydroxyl groups is 1. The van der Waals surface area contributed by atoms with Crippen LogP contribution in [0.2, 0.25) is 10.0 Å². The Hall–Kier alpha value is -2.50. The molecular formula is C16H10Cl2N2O3. The van der Waals surface area contributed by atoms with Crippen LogP contribution in [0, 0.1) is 0 Å². The fourth-order valence-corrected chi connectivity index (χ4v) is 2.42. The van der Waals surface area contributed by atoms with Gasteiger partial charge in [0.15, 0.2) is 0 Å². The number of carbonyl (C=O) groups excluding carboxylic acids is 2. The lowest BCUT2D eigenvalue weighted by atomic mass is 10.1. The molecule has 2 amide bonds. The summed E-state index contributed by atoms with van der Waals surface area (Å²) in [5.41, 5.74) is 3.13. The predicted molar refractivity (Wildman–Crippen MR) is 88.2 cm³/mol. The Morgan fingerprint density at radius 1 is 1.04 bits per heavy atom. The molecule has 23 heavy (non-hydrogen) atoms. The first kappa shape index (κ1) is 15.4. The van der Waals surface area contributed by atoms with Gasteiger partial charge in [0.25, 0.3) is 11.8 Å². The number of nitrogens with zero attached hydrogens (tertiary/aromatic N) is 1. The fraction of sp³-hybridized carbons (Fsp3) is 0. The van der Waals surface area contributed by atoms with Gasteiger partial charge in [0.1, 0.15) is 11.3 Å². The SMILES string of the molecule is O=C1NN(c2ccc(Cl)c(Cl)c2)C(=O)/C1=C/c1ccccc1O. The molecule has 2 aromatic rings. The monoisotopic (exact) mass is 348 g/mol. The average molecular weight is 349 g/mol. The number of hydrazine groups is 1. The summed E-state index contributed by atoms with van der Waals surface area (Å²) in [4.78, 5) is 24.5. The summed E-state index contributed by atoms with van der Waals surface area (Å²) in [5, 5.41) is 11.5. The first-order chi connectivity index (χ1) is 11.0. The van der Waals surface area contributed by atoms with Crippen molar-refractivity contribution in [3.8, 4) is 5.75 Å². The molecule has 7 heteroatoms. The molecule has 0 bridgehead atoms. The number of nitrogens with one attached hydrogen (secondary N) is 1. The van der Waals surface area contributed by atoms with E-state index in [4.69, 9.17) is 23.2 Å². The van der Waals surface area contributed by atoms with Gasteiger partial charge < -0.3 is 5.11 Å². The van der Waals surface area contributed by atoms with E-state index < -0.39 is 11.8 Å². The van der Waals surface area contributed by atoms with Crippen molar-refractivity contribution in [1.29, 1.82) is 0 Å². The lowest BCUT2D eigenvalue weighted by Crippen LogP contribution is -2.35. The van der Waals surface area contributed by atoms with E-state index in [1.165, 1.54) is 24.3 Å². The number of hydrogen-bond acceptors (Lipinski definition) is 3. The van der Waals surface area contributed by atoms with E-state index in [1.54, 1.807) is 24.3 Å². The number of benzene rings is 2. The summed E-state index contributed by atoms with van der Waals surface area (Å²) < 4.78 is 0. The number of halogens is 2. The van der Waals surface area contributed by atoms with Gasteiger partial charge in [-0.3, -0.25) is 15.0 Å². The van der Waals surface area contributed by atoms with Gasteiger partial charge in [-0.15, -0.1) is 0 Å². The van der Waals surface area contributed by atoms with Crippen molar-refractivity contribution in [1.82, 2.24) is 5.43 Å². The highest BCUT2D eigenvalue weighted by Crippen LogP contribution is 2.29. The number of rotatable bonds is 2. The first-order valence-corrected chi connectivity index (χ1v) is 7.33. The topological polar surface area (TPSA) is 69.6 Å². The predicted octanol–water partition coefficient (Wildman–Crippen LogP) is 3.16. The summed E-state index contributed by atoms with van der Waals surface area (Å²) in [5.74, 6) is -1.13. The van der Waals surface area contributed by atoms with Crippen LogP contribution >= 0.6 is 23.2 Å². The van der Waals surface area contributed by atoms with Gasteiger partial charge in [0, 0.05) is 5.56 Å². The third kappa shape index (κ3) is 2.88. The second-order valence-electron chi connectivity index (χ2n) is 4.80. The van der Waals surface area contributed by atoms with E-state index in [0.29, 0.717) is 16.3 Å². The van der Waals surface area contributed by atoms with Gasteiger partial charge in [0.05, 0.1) is 15.7 Å². The Kier molecular flexibility index (Phi) is 3.98. The molecule has 1 fully saturated rings. The number of hydrogen-bond donors (Lipinski definition) is 2. The van der Waals surface area contributed by atoms with Gasteiger partial charge in [-0.1, -0.05) is 41.4 Å². The van der Waals surface area contributed by atoms with E-state index in [1.807, 2.05) is 0 Å². The van der Waals surface area contributed by atoms with Crippen LogP contribution in [0.3, 0.4) is 0 Å². The number of carbonyl (C=O) groups is 2. The maximum Gasteiger partial charge on any atom is 0.282 e. The van der Waals surface area contributed by atoms with Crippen LogP contribution in [-0.4, -0.2) is 16.9 Å². The summed E-state index contributed by atoms with van der Waals surface area (Å²) >= 11 is 11.8. The van der Waals surface area contributed by atoms with Crippen LogP contribution in [0.15, 0.2) is 48.0 Å². The van der Waals surface area contributed by atoms with E-state index in [2.05, 4.69) is 5.43 Å². The van der Waals surface area contributed by atoms with Crippen molar-refractivity contribution in [3.05, 3.63) is 63.6 Å². The highest BCUT2D eigenvalue weighted by Gasteiger charge is 2.34. The summed E-state index contributed by atoms with van der Waals surface area (Å²) in [6.45, 7) is 0. The molecule has 2 aromatic carbocycles. The van der Waals surface area contributed by atoms with Crippen LogP contribution in [0.1, 0.15) is 5.56 Å². The minimum atomic E-state index is -0.565. The highest BCUT2D eigenvalue weighted by atomic mass is 35.5. The fourth-order valence-electron chi connectivity index (χ4n) is 2.13. The van der Waals surface area contributed by atoms with Crippen LogP contribution in [0.25, 0.3) is 6.08 Å². The van der Waals surface area contributed by atoms with Crippen LogP contribution in [-0.2, 0) is 9.59 Å². The molecule has 1 saturated heterocycles. The molecule has 2 N–H and O–H groups in total. The lowest BCUT2D eigenvalue weighted by molar-refractivity contribution is -0.117. The molecule has 0 unspecified atom stereocenters. The second kappa shape index (κ2) is 5.95. The van der Waals surface area contributed by atoms with E-state index >= 15 is 0 Å². The summed E-state index contributed by atoms with van der Waals surface area (Å²) in [6.07, 6.45) is 1.34. The Bertz CT molecular complexity index is 849. The quantitative estimate of drug-likeness (QED) is 0.646. The Morgan fingerprint density at radius 2 is 1.78 bits per heavy atom. The van der Waals surface area contributed by atoms with Gasteiger partial charge in [0.2, 0.25) is 0 Å². The largest absolute Gasteiger partial charge is 0.507 e. The minimum absolute atomic E-state index is 0.0198. The Balaban J connectivity index is 1.97. The molecule has 0 atom stereocenters. The lowest BCUT2D eigenvalue weighted by Gasteiger charge is -2.15. The van der Waals surface area contributed by atoms with Crippen molar-refractivity contribution in [2.24, 2.45) is 0 Å². The number of phenols is 1. The molecule has 116 valence electrons. The van der Waals surface area contributed by atoms with Crippen LogP contribution in [0.4, 0.5) is 5.69 Å². The number of phenolic OH excluding ortho intramolecular Hbond substituents is 1. The molecule has 0 aromatic heterocycles. The zero-order valence-electron chi connectivity index (χ0n) is 11.6. The molecule has 1 aliphatic heterocycles. The van der Waals surface area contributed by atoms with Crippen molar-refractivity contribution >= 4 is 46.8 Å². The molecular weight excluding hydrogens is 339 g/mol. The Labute approximate surface area is 141 Å². The smallest absolute Gasteiger partial charge is 0.282 e. The molecule has 5 nitrogen and oxygen atoms in total. The zero-order valence-corrected chi connectivity index (χ0v) is 13.1. The van der Waals surface area contributed by atoms with Crippen molar-refractivity contribution in [3.63, 3.8) is 0 Å². The zero-order chi connectivity index (χ0) is 16.6. The van der Waals surface area contributed by atoms with Gasteiger partial charge >= 0.3 is 0 Å². The normalized spacial score (nSPS) is 16.1. The van der Waals surface area contributed by atoms with E-state index in [9.17, 15) is 14.7 Å². The average Bonchev–Trinajstić information content (AvgIpc) is 2.80. The van der Waals surface area contributed by atoms with Gasteiger partial charge in [-0.05, 0) is 30.3 Å². The molecule has 0 saturated carbocycles. The molecule has 1 heterocycles. The number of para-hydroxylation sites is 1. The molecule has 3 rings (SSSR count). The molecule has 0 aliphatic carbocycles. The first-order valence-electron chi connectivity index (χ1n) is 6.57. The number of amides is 2. The molecule has 0 radical (unpaired) electrons. The van der Waals surface area contributed by atoms with Crippen LogP contribution in [0.5, 0.6) is 5.75 Å². The van der Waals surface area contributed by atoms with Crippen molar-refractivity contribution in [2.75, 3.05) is 5.01 Å². The Morgan fingerprint density at radius 3 is 2.48 bits per heavy atom. The van der Waals surface area contributed by atoms with Crippen molar-refractivity contribution in [2.45, 2.75) is 0 Å². The van der Waals surface area contributed by atoms with Crippen LogP contribution < -0.4 is 10.4 Å². The van der Waals surface area contributed by atoms with Crippen molar-refractivity contribution < 1.29 is 14.7 Å². The van der Waals surface area contributed by atoms with Gasteiger partial charge in [-0.2, -0.15) is 0 Å². The maximum absolute atomic E-state index is 12.4. The standard InChI is InChI=1S/C16H10Cl2N2O3/c17-12-6-5-10(8-13(12)18)20-16(23)11(15(22)19-20)7-9-3-1-2-4-14(9)21/h1-8,21H,(H,19,22)/b11-7+. The van der Waals surface area contributed by atoms with E-state index in [0.717, 1.165) is 5.01 Å². The highest BCUT2D eigenvalue weighted by molar-refractivity contribution is 6.42. The third-order valence-corrected chi connectivity index (χ3v) is 4.03. The number of anilines is 1. The molecule has 0 spiro atoms. The third-order valence-electron chi connectivity index (χ3n) is 3.29. The van der Waals surface area contributed by atoms with E-state index in [-0.39, 0.29) is 16.3 Å². The van der Waals surface area contributed by atoms with Gasteiger partial charge in [-0.25, -0.2) is 5.01 Å². The minimum Gasteiger partial charge on any atom is -0.507 e. The summed E-state index contributed by atoms with van der Waals surface area (Å²) in [6, 6.07) is 11.0. The molecule has 1 aliphatic rings. The second-order valence-corrected chi connectivity index (χ2v) is 5.61. The maximum atomic E-state index is 12.4. The summed E-state index contributed by atoms with van der Waals surface area (Å²) in [7, 11) is 0.